The van der Waals surface area contributed by atoms with Crippen molar-refractivity contribution in [3.8, 4) is 12.3 Å². The first-order valence-corrected chi connectivity index (χ1v) is 6.13. The second-order valence-corrected chi connectivity index (χ2v) is 5.24. The summed E-state index contributed by atoms with van der Waals surface area (Å²) in [5, 5.41) is 0. The summed E-state index contributed by atoms with van der Waals surface area (Å²) in [6.45, 7) is 0. The van der Waals surface area contributed by atoms with Gasteiger partial charge in [0.05, 0.1) is 5.75 Å². The highest BCUT2D eigenvalue weighted by Crippen LogP contribution is 2.01. The van der Waals surface area contributed by atoms with Gasteiger partial charge in [-0.05, 0) is 12.8 Å². The minimum atomic E-state index is -2.97. The molecule has 0 bridgehead atoms. The number of hydrogen-bond donors (Lipinski definition) is 2. The van der Waals surface area contributed by atoms with Crippen LogP contribution in [0.3, 0.4) is 0 Å². The number of nitrogens with two attached hydrogens (primary N) is 1. The predicted molar refractivity (Wildman–Crippen MR) is 53.5 cm³/mol. The van der Waals surface area contributed by atoms with Gasteiger partial charge in [-0.2, -0.15) is 0 Å². The van der Waals surface area contributed by atoms with E-state index in [0.29, 0.717) is 12.8 Å². The van der Waals surface area contributed by atoms with Gasteiger partial charge in [-0.25, -0.2) is 8.42 Å². The highest BCUT2D eigenvalue weighted by molar-refractivity contribution is 7.90. The summed E-state index contributed by atoms with van der Waals surface area (Å²) in [7, 11) is -2.97. The lowest BCUT2D eigenvalue weighted by atomic mass is 10.1. The van der Waals surface area contributed by atoms with Crippen LogP contribution in [0.5, 0.6) is 0 Å². The predicted octanol–water partition coefficient (Wildman–Crippen LogP) is -0.334. The first-order chi connectivity index (χ1) is 5.99. The fourth-order valence-corrected chi connectivity index (χ4v) is 2.02. The minimum absolute atomic E-state index is 0.0636. The molecule has 0 aliphatic heterocycles. The van der Waals surface area contributed by atoms with E-state index in [4.69, 9.17) is 12.3 Å². The molecule has 0 saturated carbocycles. The van der Waals surface area contributed by atoms with Crippen LogP contribution in [-0.4, -0.2) is 26.5 Å². The SMILES string of the molecule is C#CCCCC(CS(C)(=O)=O)NN. The summed E-state index contributed by atoms with van der Waals surface area (Å²) in [6.07, 6.45) is 8.39. The van der Waals surface area contributed by atoms with E-state index in [0.717, 1.165) is 6.42 Å². The van der Waals surface area contributed by atoms with Crippen LogP contribution in [0.25, 0.3) is 0 Å². The molecule has 4 nitrogen and oxygen atoms in total. The van der Waals surface area contributed by atoms with E-state index >= 15 is 0 Å². The Balaban J connectivity index is 3.85. The van der Waals surface area contributed by atoms with Gasteiger partial charge in [0.15, 0.2) is 0 Å². The molecule has 0 radical (unpaired) electrons. The van der Waals surface area contributed by atoms with Crippen molar-refractivity contribution >= 4 is 9.84 Å². The maximum Gasteiger partial charge on any atom is 0.149 e. The number of hydrazine groups is 1. The van der Waals surface area contributed by atoms with Crippen LogP contribution in [-0.2, 0) is 9.84 Å². The Morgan fingerprint density at radius 3 is 2.62 bits per heavy atom. The zero-order valence-electron chi connectivity index (χ0n) is 7.79. The van der Waals surface area contributed by atoms with Crippen LogP contribution < -0.4 is 11.3 Å². The Morgan fingerprint density at radius 2 is 2.23 bits per heavy atom. The van der Waals surface area contributed by atoms with Gasteiger partial charge < -0.3 is 0 Å². The summed E-state index contributed by atoms with van der Waals surface area (Å²) in [6, 6.07) is -0.191. The molecule has 76 valence electrons. The van der Waals surface area contributed by atoms with Gasteiger partial charge in [-0.3, -0.25) is 11.3 Å². The molecule has 0 aliphatic carbocycles. The van der Waals surface area contributed by atoms with Gasteiger partial charge in [0.2, 0.25) is 0 Å². The van der Waals surface area contributed by atoms with Crippen molar-refractivity contribution in [3.63, 3.8) is 0 Å². The quantitative estimate of drug-likeness (QED) is 0.269. The summed E-state index contributed by atoms with van der Waals surface area (Å²) >= 11 is 0. The largest absolute Gasteiger partial charge is 0.271 e. The molecule has 1 unspecified atom stereocenters. The van der Waals surface area contributed by atoms with E-state index in [1.165, 1.54) is 6.26 Å². The van der Waals surface area contributed by atoms with E-state index in [1.54, 1.807) is 0 Å². The Bertz CT molecular complexity index is 266. The molecule has 0 fully saturated rings. The number of unbranched alkanes of at least 4 members (excludes halogenated alkanes) is 1. The average molecular weight is 204 g/mol. The molecule has 0 aromatic carbocycles. The summed E-state index contributed by atoms with van der Waals surface area (Å²) < 4.78 is 21.8. The number of sulfone groups is 1. The van der Waals surface area contributed by atoms with E-state index in [-0.39, 0.29) is 11.8 Å². The Hall–Kier alpha value is -0.570. The van der Waals surface area contributed by atoms with Crippen LogP contribution in [0.1, 0.15) is 19.3 Å². The van der Waals surface area contributed by atoms with Crippen molar-refractivity contribution in [2.75, 3.05) is 12.0 Å². The van der Waals surface area contributed by atoms with Crippen LogP contribution >= 0.6 is 0 Å². The fraction of sp³-hybridized carbons (Fsp3) is 0.750. The van der Waals surface area contributed by atoms with Crippen molar-refractivity contribution in [2.45, 2.75) is 25.3 Å². The molecule has 13 heavy (non-hydrogen) atoms. The van der Waals surface area contributed by atoms with E-state index < -0.39 is 9.84 Å². The van der Waals surface area contributed by atoms with Crippen LogP contribution in [0, 0.1) is 12.3 Å². The maximum absolute atomic E-state index is 10.9. The van der Waals surface area contributed by atoms with Gasteiger partial charge in [-0.1, -0.05) is 0 Å². The smallest absolute Gasteiger partial charge is 0.149 e. The topological polar surface area (TPSA) is 72.2 Å². The van der Waals surface area contributed by atoms with Crippen LogP contribution in [0.4, 0.5) is 0 Å². The molecule has 0 saturated heterocycles. The monoisotopic (exact) mass is 204 g/mol. The van der Waals surface area contributed by atoms with Crippen LogP contribution in [0.15, 0.2) is 0 Å². The minimum Gasteiger partial charge on any atom is -0.271 e. The van der Waals surface area contributed by atoms with Crippen molar-refractivity contribution in [1.29, 1.82) is 0 Å². The first-order valence-electron chi connectivity index (χ1n) is 4.07. The molecular weight excluding hydrogens is 188 g/mol. The third-order valence-corrected chi connectivity index (χ3v) is 2.62. The van der Waals surface area contributed by atoms with Gasteiger partial charge in [0, 0.05) is 18.7 Å². The third kappa shape index (κ3) is 7.78. The summed E-state index contributed by atoms with van der Waals surface area (Å²) in [5.74, 6) is 7.75. The lowest BCUT2D eigenvalue weighted by molar-refractivity contribution is 0.508. The molecule has 1 atom stereocenters. The van der Waals surface area contributed by atoms with Crippen LogP contribution in [0.2, 0.25) is 0 Å². The zero-order valence-corrected chi connectivity index (χ0v) is 8.60. The van der Waals surface area contributed by atoms with Gasteiger partial charge in [0.1, 0.15) is 9.84 Å². The highest BCUT2D eigenvalue weighted by atomic mass is 32.2. The lowest BCUT2D eigenvalue weighted by Crippen LogP contribution is -2.40. The second-order valence-electron chi connectivity index (χ2n) is 3.05. The van der Waals surface area contributed by atoms with Gasteiger partial charge in [-0.15, -0.1) is 12.3 Å². The molecule has 0 spiro atoms. The van der Waals surface area contributed by atoms with Crippen molar-refractivity contribution in [3.05, 3.63) is 0 Å². The summed E-state index contributed by atoms with van der Waals surface area (Å²) in [4.78, 5) is 0. The number of nitrogens with one attached hydrogen (secondary N) is 1. The van der Waals surface area contributed by atoms with Gasteiger partial charge in [0.25, 0.3) is 0 Å². The molecule has 3 N–H and O–H groups in total. The standard InChI is InChI=1S/C8H16N2O2S/c1-3-4-5-6-8(10-9)7-13(2,11)12/h1,8,10H,4-7,9H2,2H3. The molecule has 0 heterocycles. The lowest BCUT2D eigenvalue weighted by Gasteiger charge is -2.13. The van der Waals surface area contributed by atoms with E-state index in [1.807, 2.05) is 0 Å². The Morgan fingerprint density at radius 1 is 1.62 bits per heavy atom. The number of terminal acetylenes is 1. The molecule has 0 aromatic heterocycles. The fourth-order valence-electron chi connectivity index (χ4n) is 1.03. The van der Waals surface area contributed by atoms with E-state index in [2.05, 4.69) is 11.3 Å². The maximum atomic E-state index is 10.9. The Labute approximate surface area is 79.8 Å². The zero-order chi connectivity index (χ0) is 10.3. The van der Waals surface area contributed by atoms with E-state index in [9.17, 15) is 8.42 Å². The number of hydrogen-bond acceptors (Lipinski definition) is 4. The molecule has 0 aromatic rings. The molecule has 0 rings (SSSR count). The average Bonchev–Trinajstić information content (AvgIpc) is 2.01. The summed E-state index contributed by atoms with van der Waals surface area (Å²) in [5.41, 5.74) is 2.47. The first kappa shape index (κ1) is 12.4. The molecule has 0 aliphatic rings. The van der Waals surface area contributed by atoms with Crippen molar-refractivity contribution in [2.24, 2.45) is 5.84 Å². The second kappa shape index (κ2) is 5.97. The normalized spacial score (nSPS) is 13.6. The molecular formula is C8H16N2O2S. The Kier molecular flexibility index (Phi) is 5.71. The third-order valence-electron chi connectivity index (χ3n) is 1.61. The highest BCUT2D eigenvalue weighted by Gasteiger charge is 2.12. The van der Waals surface area contributed by atoms with Crippen molar-refractivity contribution < 1.29 is 8.42 Å². The van der Waals surface area contributed by atoms with Crippen molar-refractivity contribution in [1.82, 2.24) is 5.43 Å². The molecule has 0 amide bonds. The van der Waals surface area contributed by atoms with Gasteiger partial charge >= 0.3 is 0 Å². The molecule has 5 heteroatoms. The number of rotatable bonds is 6.